The van der Waals surface area contributed by atoms with Crippen molar-refractivity contribution in [3.8, 4) is 0 Å². The molecule has 0 saturated heterocycles. The fourth-order valence-electron chi connectivity index (χ4n) is 3.03. The van der Waals surface area contributed by atoms with E-state index < -0.39 is 0 Å². The van der Waals surface area contributed by atoms with Crippen molar-refractivity contribution in [3.05, 3.63) is 70.3 Å². The zero-order valence-corrected chi connectivity index (χ0v) is 12.8. The standard InChI is InChI=1S/C19H19NO2/c1-12-6-8-14(9-7-12)11-20-19(22)16-10-17(21)15-5-3-4-13(2)18(15)16/h3-9,16H,10-11H2,1-2H3,(H,20,22). The first-order valence-electron chi connectivity index (χ1n) is 7.52. The first-order valence-corrected chi connectivity index (χ1v) is 7.52. The predicted octanol–water partition coefficient (Wildman–Crippen LogP) is 3.29. The van der Waals surface area contributed by atoms with Gasteiger partial charge in [-0.1, -0.05) is 48.0 Å². The minimum atomic E-state index is -0.353. The molecule has 2 aromatic rings. The number of rotatable bonds is 3. The molecule has 0 heterocycles. The quantitative estimate of drug-likeness (QED) is 0.944. The molecule has 3 nitrogen and oxygen atoms in total. The fourth-order valence-corrected chi connectivity index (χ4v) is 3.03. The van der Waals surface area contributed by atoms with Crippen LogP contribution >= 0.6 is 0 Å². The molecule has 1 atom stereocenters. The van der Waals surface area contributed by atoms with Crippen LogP contribution in [0.2, 0.25) is 0 Å². The first-order chi connectivity index (χ1) is 10.6. The summed E-state index contributed by atoms with van der Waals surface area (Å²) in [5, 5.41) is 2.96. The number of benzene rings is 2. The molecule has 0 saturated carbocycles. The molecule has 0 radical (unpaired) electrons. The lowest BCUT2D eigenvalue weighted by atomic mass is 9.96. The molecule has 3 rings (SSSR count). The number of carbonyl (C=O) groups excluding carboxylic acids is 2. The molecule has 0 spiro atoms. The number of amides is 1. The highest BCUT2D eigenvalue weighted by Crippen LogP contribution is 2.35. The molecule has 112 valence electrons. The van der Waals surface area contributed by atoms with Gasteiger partial charge in [-0.2, -0.15) is 0 Å². The maximum absolute atomic E-state index is 12.5. The summed E-state index contributed by atoms with van der Waals surface area (Å²) in [6.45, 7) is 4.48. The number of Topliss-reactive ketones (excluding diaryl/α,β-unsaturated/α-hetero) is 1. The maximum atomic E-state index is 12.5. The van der Waals surface area contributed by atoms with Crippen molar-refractivity contribution in [1.82, 2.24) is 5.32 Å². The Hall–Kier alpha value is -2.42. The highest BCUT2D eigenvalue weighted by molar-refractivity contribution is 6.07. The molecule has 0 aromatic heterocycles. The lowest BCUT2D eigenvalue weighted by Crippen LogP contribution is -2.28. The second-order valence-electron chi connectivity index (χ2n) is 5.92. The Kier molecular flexibility index (Phi) is 3.80. The number of nitrogens with one attached hydrogen (secondary N) is 1. The van der Waals surface area contributed by atoms with E-state index in [1.165, 1.54) is 5.56 Å². The monoisotopic (exact) mass is 293 g/mol. The maximum Gasteiger partial charge on any atom is 0.228 e. The lowest BCUT2D eigenvalue weighted by molar-refractivity contribution is -0.122. The molecule has 2 aromatic carbocycles. The lowest BCUT2D eigenvalue weighted by Gasteiger charge is -2.13. The van der Waals surface area contributed by atoms with Gasteiger partial charge in [-0.25, -0.2) is 0 Å². The van der Waals surface area contributed by atoms with E-state index in [9.17, 15) is 9.59 Å². The van der Waals surface area contributed by atoms with Crippen LogP contribution in [-0.4, -0.2) is 11.7 Å². The smallest absolute Gasteiger partial charge is 0.228 e. The Labute approximate surface area is 130 Å². The molecule has 0 aliphatic heterocycles. The van der Waals surface area contributed by atoms with Crippen LogP contribution in [0.3, 0.4) is 0 Å². The SMILES string of the molecule is Cc1ccc(CNC(=O)C2CC(=O)c3cccc(C)c32)cc1. The third kappa shape index (κ3) is 2.67. The van der Waals surface area contributed by atoms with E-state index in [-0.39, 0.29) is 24.0 Å². The molecule has 1 amide bonds. The second kappa shape index (κ2) is 5.76. The van der Waals surface area contributed by atoms with E-state index in [1.54, 1.807) is 0 Å². The van der Waals surface area contributed by atoms with Crippen LogP contribution in [0, 0.1) is 13.8 Å². The van der Waals surface area contributed by atoms with Gasteiger partial charge in [0, 0.05) is 18.5 Å². The van der Waals surface area contributed by atoms with Gasteiger partial charge in [0.2, 0.25) is 5.91 Å². The number of carbonyl (C=O) groups is 2. The number of hydrogen-bond acceptors (Lipinski definition) is 2. The van der Waals surface area contributed by atoms with Crippen LogP contribution in [0.1, 0.15) is 45.0 Å². The van der Waals surface area contributed by atoms with Crippen molar-refractivity contribution in [1.29, 1.82) is 0 Å². The van der Waals surface area contributed by atoms with Crippen LogP contribution in [0.4, 0.5) is 0 Å². The van der Waals surface area contributed by atoms with Crippen LogP contribution in [0.5, 0.6) is 0 Å². The van der Waals surface area contributed by atoms with E-state index in [2.05, 4.69) is 5.32 Å². The van der Waals surface area contributed by atoms with Gasteiger partial charge in [-0.15, -0.1) is 0 Å². The van der Waals surface area contributed by atoms with Crippen LogP contribution in [0.25, 0.3) is 0 Å². The number of fused-ring (bicyclic) bond motifs is 1. The third-order valence-electron chi connectivity index (χ3n) is 4.27. The van der Waals surface area contributed by atoms with Gasteiger partial charge < -0.3 is 5.32 Å². The molecule has 1 aliphatic rings. The summed E-state index contributed by atoms with van der Waals surface area (Å²) >= 11 is 0. The molecule has 1 N–H and O–H groups in total. The Balaban J connectivity index is 1.74. The summed E-state index contributed by atoms with van der Waals surface area (Å²) in [5.74, 6) is -0.356. The van der Waals surface area contributed by atoms with Crippen LogP contribution in [-0.2, 0) is 11.3 Å². The largest absolute Gasteiger partial charge is 0.351 e. The predicted molar refractivity (Wildman–Crippen MR) is 85.9 cm³/mol. The molecular formula is C19H19NO2. The summed E-state index contributed by atoms with van der Waals surface area (Å²) in [7, 11) is 0. The number of aryl methyl sites for hydroxylation is 2. The Bertz CT molecular complexity index is 732. The van der Waals surface area contributed by atoms with Crippen molar-refractivity contribution in [2.75, 3.05) is 0 Å². The van der Waals surface area contributed by atoms with Gasteiger partial charge >= 0.3 is 0 Å². The summed E-state index contributed by atoms with van der Waals surface area (Å²) in [4.78, 5) is 24.5. The molecule has 22 heavy (non-hydrogen) atoms. The van der Waals surface area contributed by atoms with Gasteiger partial charge in [0.25, 0.3) is 0 Å². The van der Waals surface area contributed by atoms with Crippen molar-refractivity contribution in [2.24, 2.45) is 0 Å². The molecule has 1 unspecified atom stereocenters. The van der Waals surface area contributed by atoms with Crippen molar-refractivity contribution in [2.45, 2.75) is 32.7 Å². The van der Waals surface area contributed by atoms with Crippen molar-refractivity contribution in [3.63, 3.8) is 0 Å². The van der Waals surface area contributed by atoms with Crippen LogP contribution in [0.15, 0.2) is 42.5 Å². The Morgan fingerprint density at radius 3 is 2.59 bits per heavy atom. The van der Waals surface area contributed by atoms with Gasteiger partial charge in [0.15, 0.2) is 5.78 Å². The van der Waals surface area contributed by atoms with Crippen LogP contribution < -0.4 is 5.32 Å². The van der Waals surface area contributed by atoms with Gasteiger partial charge in [0.1, 0.15) is 0 Å². The summed E-state index contributed by atoms with van der Waals surface area (Å²) < 4.78 is 0. The van der Waals surface area contributed by atoms with Gasteiger partial charge in [0.05, 0.1) is 5.92 Å². The molecule has 3 heteroatoms. The average Bonchev–Trinajstić information content (AvgIpc) is 2.85. The Morgan fingerprint density at radius 1 is 1.14 bits per heavy atom. The van der Waals surface area contributed by atoms with E-state index >= 15 is 0 Å². The fraction of sp³-hybridized carbons (Fsp3) is 0.263. The normalized spacial score (nSPS) is 16.5. The van der Waals surface area contributed by atoms with E-state index in [0.29, 0.717) is 12.1 Å². The topological polar surface area (TPSA) is 46.2 Å². The van der Waals surface area contributed by atoms with Gasteiger partial charge in [-0.05, 0) is 30.5 Å². The molecule has 0 bridgehead atoms. The molecule has 1 aliphatic carbocycles. The second-order valence-corrected chi connectivity index (χ2v) is 5.92. The number of ketones is 1. The van der Waals surface area contributed by atoms with Crippen molar-refractivity contribution < 1.29 is 9.59 Å². The van der Waals surface area contributed by atoms with E-state index in [4.69, 9.17) is 0 Å². The first kappa shape index (κ1) is 14.5. The molecule has 0 fully saturated rings. The van der Waals surface area contributed by atoms with Gasteiger partial charge in [-0.3, -0.25) is 9.59 Å². The summed E-state index contributed by atoms with van der Waals surface area (Å²) in [5.41, 5.74) is 4.87. The van der Waals surface area contributed by atoms with E-state index in [1.807, 2.05) is 56.3 Å². The zero-order chi connectivity index (χ0) is 15.7. The zero-order valence-electron chi connectivity index (χ0n) is 12.8. The summed E-state index contributed by atoms with van der Waals surface area (Å²) in [6, 6.07) is 13.7. The van der Waals surface area contributed by atoms with Crippen molar-refractivity contribution >= 4 is 11.7 Å². The highest BCUT2D eigenvalue weighted by Gasteiger charge is 2.35. The molecular weight excluding hydrogens is 274 g/mol. The minimum absolute atomic E-state index is 0.0641. The number of hydrogen-bond donors (Lipinski definition) is 1. The summed E-state index contributed by atoms with van der Waals surface area (Å²) in [6.07, 6.45) is 0.278. The van der Waals surface area contributed by atoms with E-state index in [0.717, 1.165) is 16.7 Å². The minimum Gasteiger partial charge on any atom is -0.351 e. The Morgan fingerprint density at radius 2 is 1.86 bits per heavy atom. The average molecular weight is 293 g/mol. The third-order valence-corrected chi connectivity index (χ3v) is 4.27. The highest BCUT2D eigenvalue weighted by atomic mass is 16.2.